The monoisotopic (exact) mass is 232 g/mol. The summed E-state index contributed by atoms with van der Waals surface area (Å²) in [4.78, 5) is 3.96. The van der Waals surface area contributed by atoms with Crippen LogP contribution in [-0.4, -0.2) is 15.2 Å². The third kappa shape index (κ3) is 2.81. The van der Waals surface area contributed by atoms with Gasteiger partial charge in [-0.3, -0.25) is 4.98 Å². The molecule has 1 heterocycles. The largest absolute Gasteiger partial charge is 0.506 e. The van der Waals surface area contributed by atoms with Gasteiger partial charge in [0.05, 0.1) is 12.3 Å². The minimum Gasteiger partial charge on any atom is -0.506 e. The van der Waals surface area contributed by atoms with E-state index in [4.69, 9.17) is 10.8 Å². The fraction of sp³-hybridized carbons (Fsp3) is 0.500. The Morgan fingerprint density at radius 1 is 1.53 bits per heavy atom. The van der Waals surface area contributed by atoms with E-state index in [9.17, 15) is 5.11 Å². The van der Waals surface area contributed by atoms with Crippen LogP contribution in [0.5, 0.6) is 5.75 Å². The Labute approximate surface area is 95.6 Å². The lowest BCUT2D eigenvalue weighted by molar-refractivity contribution is 0.278. The van der Waals surface area contributed by atoms with Crippen molar-refractivity contribution in [1.29, 1.82) is 0 Å². The molecule has 0 fully saturated rings. The van der Waals surface area contributed by atoms with Crippen LogP contribution in [0.3, 0.4) is 0 Å². The highest BCUT2D eigenvalue weighted by Crippen LogP contribution is 2.29. The summed E-state index contributed by atoms with van der Waals surface area (Å²) in [6.07, 6.45) is 2.27. The average molecular weight is 233 g/mol. The first-order valence-corrected chi connectivity index (χ1v) is 4.65. The lowest BCUT2D eigenvalue weighted by Crippen LogP contribution is -2.13. The molecule has 0 saturated carbocycles. The molecule has 0 aliphatic rings. The van der Waals surface area contributed by atoms with Crippen LogP contribution in [0, 0.1) is 6.92 Å². The van der Waals surface area contributed by atoms with Crippen molar-refractivity contribution in [2.45, 2.75) is 32.9 Å². The van der Waals surface area contributed by atoms with Gasteiger partial charge in [-0.25, -0.2) is 0 Å². The molecule has 0 spiro atoms. The van der Waals surface area contributed by atoms with E-state index in [1.165, 1.54) is 0 Å². The lowest BCUT2D eigenvalue weighted by Gasteiger charge is -2.16. The maximum atomic E-state index is 9.76. The van der Waals surface area contributed by atoms with E-state index in [1.807, 2.05) is 6.92 Å². The standard InChI is InChI=1S/C10H16N2O2.ClH/c1-3-8(11)9-7(5-13)4-12-6(2)10(9)14;/h4,8,13-14H,3,5,11H2,1-2H3;1H/t8-;/m0./s1. The Balaban J connectivity index is 0.00000196. The Hall–Kier alpha value is -0.840. The van der Waals surface area contributed by atoms with Crippen LogP contribution in [0.2, 0.25) is 0 Å². The number of aromatic hydroxyl groups is 1. The molecular weight excluding hydrogens is 216 g/mol. The third-order valence-electron chi connectivity index (χ3n) is 2.34. The topological polar surface area (TPSA) is 79.4 Å². The van der Waals surface area contributed by atoms with Gasteiger partial charge >= 0.3 is 0 Å². The summed E-state index contributed by atoms with van der Waals surface area (Å²) < 4.78 is 0. The number of nitrogens with two attached hydrogens (primary N) is 1. The van der Waals surface area contributed by atoms with Gasteiger partial charge in [0.15, 0.2) is 0 Å². The third-order valence-corrected chi connectivity index (χ3v) is 2.34. The summed E-state index contributed by atoms with van der Waals surface area (Å²) in [5.74, 6) is 0.103. The van der Waals surface area contributed by atoms with Crippen LogP contribution >= 0.6 is 12.4 Å². The summed E-state index contributed by atoms with van der Waals surface area (Å²) in [6.45, 7) is 3.49. The number of rotatable bonds is 3. The van der Waals surface area contributed by atoms with Gasteiger partial charge in [-0.2, -0.15) is 0 Å². The van der Waals surface area contributed by atoms with Gasteiger partial charge in [0.1, 0.15) is 5.75 Å². The second-order valence-corrected chi connectivity index (χ2v) is 3.30. The van der Waals surface area contributed by atoms with E-state index in [-0.39, 0.29) is 30.8 Å². The molecule has 86 valence electrons. The number of hydrogen-bond donors (Lipinski definition) is 3. The minimum absolute atomic E-state index is 0. The molecular formula is C10H17ClN2O2. The number of hydrogen-bond acceptors (Lipinski definition) is 4. The van der Waals surface area contributed by atoms with Crippen molar-refractivity contribution in [3.8, 4) is 5.75 Å². The Kier molecular flexibility index (Phi) is 5.57. The smallest absolute Gasteiger partial charge is 0.141 e. The van der Waals surface area contributed by atoms with E-state index in [1.54, 1.807) is 13.1 Å². The maximum Gasteiger partial charge on any atom is 0.141 e. The molecule has 5 heteroatoms. The molecule has 0 aliphatic heterocycles. The van der Waals surface area contributed by atoms with Crippen LogP contribution in [0.4, 0.5) is 0 Å². The van der Waals surface area contributed by atoms with Gasteiger partial charge in [-0.15, -0.1) is 12.4 Å². The fourth-order valence-electron chi connectivity index (χ4n) is 1.40. The number of aromatic nitrogens is 1. The molecule has 1 aromatic heterocycles. The highest BCUT2D eigenvalue weighted by atomic mass is 35.5. The molecule has 4 N–H and O–H groups in total. The predicted octanol–water partition coefficient (Wildman–Crippen LogP) is 1.42. The van der Waals surface area contributed by atoms with E-state index >= 15 is 0 Å². The molecule has 0 unspecified atom stereocenters. The van der Waals surface area contributed by atoms with Crippen molar-refractivity contribution >= 4 is 12.4 Å². The summed E-state index contributed by atoms with van der Waals surface area (Å²) in [5.41, 5.74) is 7.60. The van der Waals surface area contributed by atoms with Gasteiger partial charge in [-0.05, 0) is 13.3 Å². The van der Waals surface area contributed by atoms with Crippen molar-refractivity contribution in [2.75, 3.05) is 0 Å². The molecule has 0 saturated heterocycles. The Morgan fingerprint density at radius 2 is 2.13 bits per heavy atom. The molecule has 1 rings (SSSR count). The number of halogens is 1. The first kappa shape index (κ1) is 14.2. The van der Waals surface area contributed by atoms with E-state index in [0.717, 1.165) is 0 Å². The van der Waals surface area contributed by atoms with Crippen molar-refractivity contribution in [3.05, 3.63) is 23.0 Å². The summed E-state index contributed by atoms with van der Waals surface area (Å²) in [7, 11) is 0. The Morgan fingerprint density at radius 3 is 2.60 bits per heavy atom. The summed E-state index contributed by atoms with van der Waals surface area (Å²) in [6, 6.07) is -0.251. The molecule has 0 aliphatic carbocycles. The number of aryl methyl sites for hydroxylation is 1. The van der Waals surface area contributed by atoms with Crippen molar-refractivity contribution in [2.24, 2.45) is 5.73 Å². The Bertz CT molecular complexity index is 331. The average Bonchev–Trinajstić information content (AvgIpc) is 2.20. The quantitative estimate of drug-likeness (QED) is 0.737. The highest BCUT2D eigenvalue weighted by molar-refractivity contribution is 5.85. The van der Waals surface area contributed by atoms with Crippen LogP contribution in [0.15, 0.2) is 6.20 Å². The molecule has 15 heavy (non-hydrogen) atoms. The van der Waals surface area contributed by atoms with Gasteiger partial charge in [-0.1, -0.05) is 6.92 Å². The summed E-state index contributed by atoms with van der Waals surface area (Å²) >= 11 is 0. The van der Waals surface area contributed by atoms with Crippen LogP contribution in [0.1, 0.15) is 36.2 Å². The minimum atomic E-state index is -0.251. The molecule has 0 amide bonds. The van der Waals surface area contributed by atoms with E-state index < -0.39 is 0 Å². The first-order chi connectivity index (χ1) is 6.61. The zero-order chi connectivity index (χ0) is 10.7. The van der Waals surface area contributed by atoms with E-state index in [2.05, 4.69) is 4.98 Å². The summed E-state index contributed by atoms with van der Waals surface area (Å²) in [5, 5.41) is 18.8. The molecule has 4 nitrogen and oxygen atoms in total. The maximum absolute atomic E-state index is 9.76. The zero-order valence-corrected chi connectivity index (χ0v) is 9.71. The van der Waals surface area contributed by atoms with Gasteiger partial charge in [0.25, 0.3) is 0 Å². The SMILES string of the molecule is CC[C@H](N)c1c(CO)cnc(C)c1O.Cl. The first-order valence-electron chi connectivity index (χ1n) is 4.65. The molecule has 1 atom stereocenters. The van der Waals surface area contributed by atoms with Crippen molar-refractivity contribution in [3.63, 3.8) is 0 Å². The predicted molar refractivity (Wildman–Crippen MR) is 61.0 cm³/mol. The van der Waals surface area contributed by atoms with Gasteiger partial charge in [0.2, 0.25) is 0 Å². The number of aliphatic hydroxyl groups is 1. The molecule has 0 aromatic carbocycles. The second kappa shape index (κ2) is 5.90. The van der Waals surface area contributed by atoms with Gasteiger partial charge in [0, 0.05) is 23.4 Å². The highest BCUT2D eigenvalue weighted by Gasteiger charge is 2.16. The number of aliphatic hydroxyl groups excluding tert-OH is 1. The molecule has 1 aromatic rings. The van der Waals surface area contributed by atoms with Crippen LogP contribution in [-0.2, 0) is 6.61 Å². The van der Waals surface area contributed by atoms with Crippen molar-refractivity contribution in [1.82, 2.24) is 4.98 Å². The number of nitrogens with zero attached hydrogens (tertiary/aromatic N) is 1. The van der Waals surface area contributed by atoms with E-state index in [0.29, 0.717) is 23.2 Å². The lowest BCUT2D eigenvalue weighted by atomic mass is 9.99. The van der Waals surface area contributed by atoms with Crippen molar-refractivity contribution < 1.29 is 10.2 Å². The fourth-order valence-corrected chi connectivity index (χ4v) is 1.40. The van der Waals surface area contributed by atoms with Crippen LogP contribution in [0.25, 0.3) is 0 Å². The second-order valence-electron chi connectivity index (χ2n) is 3.30. The number of pyridine rings is 1. The normalized spacial score (nSPS) is 12.0. The van der Waals surface area contributed by atoms with Crippen LogP contribution < -0.4 is 5.73 Å². The molecule has 0 bridgehead atoms. The van der Waals surface area contributed by atoms with Gasteiger partial charge < -0.3 is 15.9 Å². The molecule has 0 radical (unpaired) electrons. The zero-order valence-electron chi connectivity index (χ0n) is 8.90.